The average molecular weight is 413 g/mol. The zero-order valence-corrected chi connectivity index (χ0v) is 17.2. The van der Waals surface area contributed by atoms with Crippen LogP contribution < -0.4 is 10.1 Å². The number of rotatable bonds is 8. The van der Waals surface area contributed by atoms with E-state index in [-0.39, 0.29) is 12.3 Å². The van der Waals surface area contributed by atoms with E-state index >= 15 is 0 Å². The van der Waals surface area contributed by atoms with E-state index < -0.39 is 0 Å². The summed E-state index contributed by atoms with van der Waals surface area (Å²) in [4.78, 5) is 16.6. The van der Waals surface area contributed by atoms with Crippen molar-refractivity contribution < 1.29 is 14.1 Å². The SMILES string of the molecule is Cc1ccc(-c2noc(CCC(=O)Nc3ccc(OCc4ccccc4)cc3)n2)cc1. The first-order chi connectivity index (χ1) is 15.2. The fourth-order valence-electron chi connectivity index (χ4n) is 3.00. The number of nitrogens with zero attached hydrogens (tertiary/aromatic N) is 2. The molecule has 1 aromatic heterocycles. The van der Waals surface area contributed by atoms with Crippen LogP contribution in [0.1, 0.15) is 23.4 Å². The predicted molar refractivity (Wildman–Crippen MR) is 119 cm³/mol. The summed E-state index contributed by atoms with van der Waals surface area (Å²) >= 11 is 0. The molecule has 0 saturated heterocycles. The lowest BCUT2D eigenvalue weighted by Gasteiger charge is -2.08. The summed E-state index contributed by atoms with van der Waals surface area (Å²) in [5.41, 5.74) is 3.87. The molecule has 0 saturated carbocycles. The van der Waals surface area contributed by atoms with Crippen LogP contribution >= 0.6 is 0 Å². The average Bonchev–Trinajstić information content (AvgIpc) is 3.28. The number of amides is 1. The Morgan fingerprint density at radius 2 is 1.71 bits per heavy atom. The maximum Gasteiger partial charge on any atom is 0.227 e. The maximum atomic E-state index is 12.3. The van der Waals surface area contributed by atoms with Gasteiger partial charge in [-0.15, -0.1) is 0 Å². The summed E-state index contributed by atoms with van der Waals surface area (Å²) < 4.78 is 11.0. The van der Waals surface area contributed by atoms with Crippen molar-refractivity contribution >= 4 is 11.6 Å². The largest absolute Gasteiger partial charge is 0.489 e. The molecule has 0 aliphatic heterocycles. The van der Waals surface area contributed by atoms with Crippen molar-refractivity contribution in [3.63, 3.8) is 0 Å². The Morgan fingerprint density at radius 3 is 2.45 bits per heavy atom. The maximum absolute atomic E-state index is 12.3. The Hall–Kier alpha value is -3.93. The first-order valence-corrected chi connectivity index (χ1v) is 10.1. The van der Waals surface area contributed by atoms with Crippen LogP contribution in [0.5, 0.6) is 5.75 Å². The molecular weight excluding hydrogens is 390 g/mol. The monoisotopic (exact) mass is 413 g/mol. The highest BCUT2D eigenvalue weighted by molar-refractivity contribution is 5.90. The number of hydrogen-bond acceptors (Lipinski definition) is 5. The van der Waals surface area contributed by atoms with E-state index in [4.69, 9.17) is 9.26 Å². The van der Waals surface area contributed by atoms with Crippen LogP contribution in [-0.4, -0.2) is 16.0 Å². The molecule has 0 aliphatic rings. The van der Waals surface area contributed by atoms with Crippen LogP contribution in [0, 0.1) is 6.92 Å². The Labute approximate surface area is 180 Å². The number of aromatic nitrogens is 2. The number of carbonyl (C=O) groups excluding carboxylic acids is 1. The molecule has 31 heavy (non-hydrogen) atoms. The Kier molecular flexibility index (Phi) is 6.38. The van der Waals surface area contributed by atoms with Gasteiger partial charge in [0, 0.05) is 24.1 Å². The quantitative estimate of drug-likeness (QED) is 0.430. The minimum atomic E-state index is -0.118. The van der Waals surface area contributed by atoms with Crippen molar-refractivity contribution in [3.05, 3.63) is 95.9 Å². The summed E-state index contributed by atoms with van der Waals surface area (Å²) in [6.07, 6.45) is 0.630. The lowest BCUT2D eigenvalue weighted by molar-refractivity contribution is -0.116. The van der Waals surface area contributed by atoms with Crippen molar-refractivity contribution in [2.24, 2.45) is 0 Å². The van der Waals surface area contributed by atoms with Crippen LogP contribution in [0.15, 0.2) is 83.4 Å². The molecule has 0 bridgehead atoms. The second kappa shape index (κ2) is 9.71. The van der Waals surface area contributed by atoms with Gasteiger partial charge in [0.05, 0.1) is 0 Å². The standard InChI is InChI=1S/C25H23N3O3/c1-18-7-9-20(10-8-18)25-27-24(31-28-25)16-15-23(29)26-21-11-13-22(14-12-21)30-17-19-5-3-2-4-6-19/h2-14H,15-17H2,1H3,(H,26,29). The summed E-state index contributed by atoms with van der Waals surface area (Å²) in [6, 6.07) is 25.2. The first-order valence-electron chi connectivity index (χ1n) is 10.1. The molecule has 0 aliphatic carbocycles. The molecule has 1 N–H and O–H groups in total. The summed E-state index contributed by atoms with van der Waals surface area (Å²) in [5.74, 6) is 1.60. The fourth-order valence-corrected chi connectivity index (χ4v) is 3.00. The third-order valence-electron chi connectivity index (χ3n) is 4.73. The number of nitrogens with one attached hydrogen (secondary N) is 1. The third kappa shape index (κ3) is 5.79. The van der Waals surface area contributed by atoms with E-state index in [0.717, 1.165) is 16.9 Å². The Balaban J connectivity index is 1.25. The second-order valence-electron chi connectivity index (χ2n) is 7.22. The van der Waals surface area contributed by atoms with E-state index in [1.807, 2.05) is 85.8 Å². The second-order valence-corrected chi connectivity index (χ2v) is 7.22. The molecule has 0 atom stereocenters. The third-order valence-corrected chi connectivity index (χ3v) is 4.73. The molecule has 156 valence electrons. The first kappa shape index (κ1) is 20.3. The van der Waals surface area contributed by atoms with Crippen molar-refractivity contribution in [2.45, 2.75) is 26.4 Å². The van der Waals surface area contributed by atoms with E-state index in [9.17, 15) is 4.79 Å². The lowest BCUT2D eigenvalue weighted by Crippen LogP contribution is -2.12. The van der Waals surface area contributed by atoms with Crippen LogP contribution in [0.4, 0.5) is 5.69 Å². The highest BCUT2D eigenvalue weighted by atomic mass is 16.5. The molecular formula is C25H23N3O3. The van der Waals surface area contributed by atoms with Gasteiger partial charge in [-0.3, -0.25) is 4.79 Å². The molecule has 6 nitrogen and oxygen atoms in total. The fraction of sp³-hybridized carbons (Fsp3) is 0.160. The zero-order chi connectivity index (χ0) is 21.5. The van der Waals surface area contributed by atoms with Crippen molar-refractivity contribution in [1.29, 1.82) is 0 Å². The van der Waals surface area contributed by atoms with E-state index in [1.54, 1.807) is 0 Å². The minimum Gasteiger partial charge on any atom is -0.489 e. The minimum absolute atomic E-state index is 0.118. The molecule has 4 aromatic rings. The molecule has 3 aromatic carbocycles. The zero-order valence-electron chi connectivity index (χ0n) is 17.2. The molecule has 1 heterocycles. The number of aryl methyl sites for hydroxylation is 2. The summed E-state index contributed by atoms with van der Waals surface area (Å²) in [6.45, 7) is 2.52. The summed E-state index contributed by atoms with van der Waals surface area (Å²) in [5, 5.41) is 6.87. The van der Waals surface area contributed by atoms with Gasteiger partial charge in [-0.2, -0.15) is 4.98 Å². The van der Waals surface area contributed by atoms with Crippen molar-refractivity contribution in [2.75, 3.05) is 5.32 Å². The van der Waals surface area contributed by atoms with E-state index in [0.29, 0.717) is 30.4 Å². The van der Waals surface area contributed by atoms with Crippen LogP contribution in [0.3, 0.4) is 0 Å². The molecule has 0 unspecified atom stereocenters. The van der Waals surface area contributed by atoms with Gasteiger partial charge in [0.1, 0.15) is 12.4 Å². The predicted octanol–water partition coefficient (Wildman–Crippen LogP) is 5.20. The number of hydrogen-bond donors (Lipinski definition) is 1. The number of carbonyl (C=O) groups is 1. The molecule has 6 heteroatoms. The van der Waals surface area contributed by atoms with Gasteiger partial charge in [-0.1, -0.05) is 65.3 Å². The van der Waals surface area contributed by atoms with Gasteiger partial charge in [-0.25, -0.2) is 0 Å². The molecule has 1 amide bonds. The van der Waals surface area contributed by atoms with Crippen molar-refractivity contribution in [1.82, 2.24) is 10.1 Å². The van der Waals surface area contributed by atoms with Gasteiger partial charge >= 0.3 is 0 Å². The van der Waals surface area contributed by atoms with Gasteiger partial charge in [0.25, 0.3) is 0 Å². The number of benzene rings is 3. The van der Waals surface area contributed by atoms with Crippen LogP contribution in [-0.2, 0) is 17.8 Å². The lowest BCUT2D eigenvalue weighted by atomic mass is 10.1. The highest BCUT2D eigenvalue weighted by Crippen LogP contribution is 2.19. The smallest absolute Gasteiger partial charge is 0.227 e. The van der Waals surface area contributed by atoms with Crippen molar-refractivity contribution in [3.8, 4) is 17.1 Å². The number of anilines is 1. The normalized spacial score (nSPS) is 10.6. The van der Waals surface area contributed by atoms with E-state index in [1.165, 1.54) is 5.56 Å². The Bertz CT molecular complexity index is 1120. The molecule has 0 fully saturated rings. The molecule has 0 spiro atoms. The van der Waals surface area contributed by atoms with Crippen LogP contribution in [0.25, 0.3) is 11.4 Å². The molecule has 0 radical (unpaired) electrons. The van der Waals surface area contributed by atoms with Gasteiger partial charge < -0.3 is 14.6 Å². The van der Waals surface area contributed by atoms with Gasteiger partial charge in [-0.05, 0) is 36.8 Å². The summed E-state index contributed by atoms with van der Waals surface area (Å²) in [7, 11) is 0. The van der Waals surface area contributed by atoms with E-state index in [2.05, 4.69) is 15.5 Å². The topological polar surface area (TPSA) is 77.2 Å². The number of ether oxygens (including phenoxy) is 1. The van der Waals surface area contributed by atoms with Crippen LogP contribution in [0.2, 0.25) is 0 Å². The van der Waals surface area contributed by atoms with Gasteiger partial charge in [0.2, 0.25) is 17.6 Å². The van der Waals surface area contributed by atoms with Gasteiger partial charge in [0.15, 0.2) is 0 Å². The molecule has 4 rings (SSSR count). The Morgan fingerprint density at radius 1 is 0.968 bits per heavy atom. The highest BCUT2D eigenvalue weighted by Gasteiger charge is 2.11.